The van der Waals surface area contributed by atoms with Gasteiger partial charge in [-0.1, -0.05) is 18.2 Å². The number of likely N-dealkylation sites (tertiary alicyclic amines) is 1. The van der Waals surface area contributed by atoms with Crippen LogP contribution in [0.25, 0.3) is 0 Å². The van der Waals surface area contributed by atoms with Gasteiger partial charge in [-0.3, -0.25) is 4.79 Å². The number of hydrogen-bond acceptors (Lipinski definition) is 5. The Balaban J connectivity index is 1.43. The lowest BCUT2D eigenvalue weighted by molar-refractivity contribution is -0.142. The molecule has 152 valence electrons. The highest BCUT2D eigenvalue weighted by Gasteiger charge is 2.54. The molecule has 5 rings (SSSR count). The molecule has 0 aliphatic carbocycles. The highest BCUT2D eigenvalue weighted by molar-refractivity contribution is 5.85. The maximum absolute atomic E-state index is 13.5. The number of hydrogen-bond donors (Lipinski definition) is 1. The van der Waals surface area contributed by atoms with E-state index < -0.39 is 6.10 Å². The third-order valence-electron chi connectivity index (χ3n) is 6.81. The van der Waals surface area contributed by atoms with Crippen LogP contribution in [0.1, 0.15) is 37.7 Å². The van der Waals surface area contributed by atoms with Crippen molar-refractivity contribution in [2.24, 2.45) is 0 Å². The zero-order valence-corrected chi connectivity index (χ0v) is 16.7. The Bertz CT molecular complexity index is 901. The van der Waals surface area contributed by atoms with E-state index in [1.54, 1.807) is 6.20 Å². The largest absolute Gasteiger partial charge is 0.479 e. The molecule has 1 aromatic heterocycles. The Morgan fingerprint density at radius 3 is 2.59 bits per heavy atom. The van der Waals surface area contributed by atoms with Gasteiger partial charge >= 0.3 is 0 Å². The molecule has 1 aromatic carbocycles. The summed E-state index contributed by atoms with van der Waals surface area (Å²) >= 11 is 0. The second-order valence-electron chi connectivity index (χ2n) is 8.47. The third kappa shape index (κ3) is 3.11. The number of nitrogen functional groups attached to an aromatic ring is 1. The molecule has 2 aromatic rings. The van der Waals surface area contributed by atoms with Gasteiger partial charge in [0.25, 0.3) is 5.91 Å². The Morgan fingerprint density at radius 2 is 1.83 bits per heavy atom. The fraction of sp³-hybridized carbons (Fsp3) is 0.478. The standard InChI is InChI=1S/C23H28N4O2/c24-17-8-11-25-20(16-17)26-14-9-23(10-15-26)18-6-2-3-7-19(18)29-21(23)22(28)27-12-4-1-5-13-27/h2-3,6-8,11,16,21H,1,4-5,9-10,12-15H2,(H2,24,25). The number of rotatable bonds is 2. The molecular formula is C23H28N4O2. The number of piperidine rings is 2. The van der Waals surface area contributed by atoms with E-state index in [4.69, 9.17) is 10.5 Å². The number of ether oxygens (including phenoxy) is 1. The van der Waals surface area contributed by atoms with Crippen LogP contribution in [0, 0.1) is 0 Å². The number of fused-ring (bicyclic) bond motifs is 2. The first kappa shape index (κ1) is 18.3. The van der Waals surface area contributed by atoms with E-state index >= 15 is 0 Å². The number of aromatic nitrogens is 1. The van der Waals surface area contributed by atoms with Crippen LogP contribution in [0.5, 0.6) is 5.75 Å². The van der Waals surface area contributed by atoms with Gasteiger partial charge in [0.1, 0.15) is 11.6 Å². The summed E-state index contributed by atoms with van der Waals surface area (Å²) in [6.07, 6.45) is 6.46. The van der Waals surface area contributed by atoms with E-state index in [0.29, 0.717) is 0 Å². The fourth-order valence-electron chi connectivity index (χ4n) is 5.20. The molecule has 2 saturated heterocycles. The first-order valence-corrected chi connectivity index (χ1v) is 10.7. The van der Waals surface area contributed by atoms with Gasteiger partial charge in [0.2, 0.25) is 0 Å². The van der Waals surface area contributed by atoms with Crippen LogP contribution in [0.15, 0.2) is 42.6 Å². The summed E-state index contributed by atoms with van der Waals surface area (Å²) in [5.74, 6) is 1.95. The average molecular weight is 393 g/mol. The molecule has 0 bridgehead atoms. The average Bonchev–Trinajstić information content (AvgIpc) is 3.08. The van der Waals surface area contributed by atoms with Crippen LogP contribution in [-0.4, -0.2) is 48.1 Å². The van der Waals surface area contributed by atoms with Crippen LogP contribution in [0.2, 0.25) is 0 Å². The van der Waals surface area contributed by atoms with Crippen molar-refractivity contribution in [1.29, 1.82) is 0 Å². The summed E-state index contributed by atoms with van der Waals surface area (Å²) in [4.78, 5) is 22.3. The van der Waals surface area contributed by atoms with E-state index in [2.05, 4.69) is 22.0 Å². The number of pyridine rings is 1. The maximum Gasteiger partial charge on any atom is 0.264 e. The molecule has 0 radical (unpaired) electrons. The van der Waals surface area contributed by atoms with Gasteiger partial charge in [-0.15, -0.1) is 0 Å². The lowest BCUT2D eigenvalue weighted by Crippen LogP contribution is -2.55. The molecule has 6 nitrogen and oxygen atoms in total. The number of carbonyl (C=O) groups is 1. The van der Waals surface area contributed by atoms with Crippen LogP contribution in [0.4, 0.5) is 11.5 Å². The smallest absolute Gasteiger partial charge is 0.264 e. The van der Waals surface area contributed by atoms with Gasteiger partial charge in [-0.25, -0.2) is 4.98 Å². The molecule has 1 atom stereocenters. The van der Waals surface area contributed by atoms with Crippen LogP contribution >= 0.6 is 0 Å². The molecule has 2 fully saturated rings. The van der Waals surface area contributed by atoms with E-state index in [1.807, 2.05) is 29.2 Å². The molecule has 29 heavy (non-hydrogen) atoms. The molecule has 3 aliphatic heterocycles. The van der Waals surface area contributed by atoms with Crippen molar-refractivity contribution in [3.63, 3.8) is 0 Å². The van der Waals surface area contributed by atoms with Crippen LogP contribution in [-0.2, 0) is 10.2 Å². The first-order chi connectivity index (χ1) is 14.2. The molecule has 6 heteroatoms. The van der Waals surface area contributed by atoms with Crippen molar-refractivity contribution in [2.75, 3.05) is 36.8 Å². The van der Waals surface area contributed by atoms with E-state index in [1.165, 1.54) is 12.0 Å². The summed E-state index contributed by atoms with van der Waals surface area (Å²) in [7, 11) is 0. The van der Waals surface area contributed by atoms with E-state index in [9.17, 15) is 4.79 Å². The van der Waals surface area contributed by atoms with Gasteiger partial charge < -0.3 is 20.3 Å². The van der Waals surface area contributed by atoms with Gasteiger partial charge in [0.05, 0.1) is 0 Å². The van der Waals surface area contributed by atoms with Gasteiger partial charge in [-0.2, -0.15) is 0 Å². The van der Waals surface area contributed by atoms with Crippen LogP contribution < -0.4 is 15.4 Å². The van der Waals surface area contributed by atoms with E-state index in [-0.39, 0.29) is 11.3 Å². The second kappa shape index (κ2) is 7.25. The van der Waals surface area contributed by atoms with Crippen LogP contribution in [0.3, 0.4) is 0 Å². The van der Waals surface area contributed by atoms with Crippen molar-refractivity contribution in [3.05, 3.63) is 48.2 Å². The van der Waals surface area contributed by atoms with Crippen molar-refractivity contribution in [3.8, 4) is 5.75 Å². The minimum atomic E-state index is -0.422. The molecule has 4 heterocycles. The van der Waals surface area contributed by atoms with Crippen molar-refractivity contribution in [1.82, 2.24) is 9.88 Å². The minimum Gasteiger partial charge on any atom is -0.479 e. The van der Waals surface area contributed by atoms with Crippen molar-refractivity contribution < 1.29 is 9.53 Å². The van der Waals surface area contributed by atoms with Crippen molar-refractivity contribution in [2.45, 2.75) is 43.6 Å². The summed E-state index contributed by atoms with van der Waals surface area (Å²) < 4.78 is 6.33. The number of para-hydroxylation sites is 1. The van der Waals surface area contributed by atoms with Gasteiger partial charge in [0.15, 0.2) is 6.10 Å². The normalized spacial score (nSPS) is 23.0. The molecule has 1 amide bonds. The molecular weight excluding hydrogens is 364 g/mol. The minimum absolute atomic E-state index is 0.163. The number of anilines is 2. The van der Waals surface area contributed by atoms with Gasteiger partial charge in [-0.05, 0) is 44.2 Å². The number of amides is 1. The quantitative estimate of drug-likeness (QED) is 0.851. The number of carbonyl (C=O) groups excluding carboxylic acids is 1. The predicted octanol–water partition coefficient (Wildman–Crippen LogP) is 2.98. The zero-order chi connectivity index (χ0) is 19.8. The highest BCUT2D eigenvalue weighted by Crippen LogP contribution is 2.50. The second-order valence-corrected chi connectivity index (χ2v) is 8.47. The Morgan fingerprint density at radius 1 is 1.07 bits per heavy atom. The zero-order valence-electron chi connectivity index (χ0n) is 16.7. The fourth-order valence-corrected chi connectivity index (χ4v) is 5.20. The number of nitrogens with zero attached hydrogens (tertiary/aromatic N) is 3. The summed E-state index contributed by atoms with van der Waals surface area (Å²) in [5.41, 5.74) is 7.60. The SMILES string of the molecule is Nc1ccnc(N2CCC3(CC2)c2ccccc2OC3C(=O)N2CCCCC2)c1. The molecule has 0 saturated carbocycles. The molecule has 2 N–H and O–H groups in total. The highest BCUT2D eigenvalue weighted by atomic mass is 16.5. The summed E-state index contributed by atoms with van der Waals surface area (Å²) in [6.45, 7) is 3.37. The first-order valence-electron chi connectivity index (χ1n) is 10.7. The molecule has 1 unspecified atom stereocenters. The number of nitrogens with two attached hydrogens (primary N) is 1. The third-order valence-corrected chi connectivity index (χ3v) is 6.81. The topological polar surface area (TPSA) is 71.7 Å². The lowest BCUT2D eigenvalue weighted by atomic mass is 9.69. The monoisotopic (exact) mass is 392 g/mol. The Hall–Kier alpha value is -2.76. The predicted molar refractivity (Wildman–Crippen MR) is 113 cm³/mol. The molecule has 3 aliphatic rings. The van der Waals surface area contributed by atoms with E-state index in [0.717, 1.165) is 69.1 Å². The lowest BCUT2D eigenvalue weighted by Gasteiger charge is -2.43. The molecule has 1 spiro atoms. The van der Waals surface area contributed by atoms with Crippen molar-refractivity contribution >= 4 is 17.4 Å². The Kier molecular flexibility index (Phi) is 4.57. The summed E-state index contributed by atoms with van der Waals surface area (Å²) in [5, 5.41) is 0. The van der Waals surface area contributed by atoms with Gasteiger partial charge in [0, 0.05) is 55.1 Å². The Labute approximate surface area is 171 Å². The number of benzene rings is 1. The summed E-state index contributed by atoms with van der Waals surface area (Å²) in [6, 6.07) is 11.9. The maximum atomic E-state index is 13.5.